The van der Waals surface area contributed by atoms with Gasteiger partial charge >= 0.3 is 0 Å². The summed E-state index contributed by atoms with van der Waals surface area (Å²) in [6.45, 7) is 6.75. The molecule has 2 heterocycles. The molecule has 0 spiro atoms. The van der Waals surface area contributed by atoms with Crippen molar-refractivity contribution in [3.8, 4) is 0 Å². The fourth-order valence-corrected chi connectivity index (χ4v) is 2.79. The minimum atomic E-state index is -0.00797. The third-order valence-electron chi connectivity index (χ3n) is 3.83. The maximum atomic E-state index is 12.1. The molecule has 4 nitrogen and oxygen atoms in total. The van der Waals surface area contributed by atoms with Crippen molar-refractivity contribution in [3.05, 3.63) is 0 Å². The van der Waals surface area contributed by atoms with E-state index in [1.165, 1.54) is 0 Å². The van der Waals surface area contributed by atoms with E-state index < -0.39 is 0 Å². The van der Waals surface area contributed by atoms with Crippen LogP contribution in [0.1, 0.15) is 39.5 Å². The van der Waals surface area contributed by atoms with Crippen LogP contribution >= 0.6 is 0 Å². The summed E-state index contributed by atoms with van der Waals surface area (Å²) < 4.78 is 5.37. The molecule has 2 atom stereocenters. The largest absolute Gasteiger partial charge is 0.381 e. The Balaban J connectivity index is 1.93. The molecule has 2 unspecified atom stereocenters. The molecule has 2 saturated heterocycles. The first kappa shape index (κ1) is 12.8. The summed E-state index contributed by atoms with van der Waals surface area (Å²) >= 11 is 0. The summed E-state index contributed by atoms with van der Waals surface area (Å²) in [5.41, 5.74) is 0. The van der Waals surface area contributed by atoms with Crippen molar-refractivity contribution < 1.29 is 9.53 Å². The summed E-state index contributed by atoms with van der Waals surface area (Å²) in [5, 5.41) is 3.39. The van der Waals surface area contributed by atoms with E-state index in [2.05, 4.69) is 17.1 Å². The number of nitrogens with one attached hydrogen (secondary N) is 1. The zero-order valence-electron chi connectivity index (χ0n) is 10.9. The molecular weight excluding hydrogens is 216 g/mol. The van der Waals surface area contributed by atoms with Gasteiger partial charge in [0.2, 0.25) is 5.91 Å². The number of rotatable bonds is 4. The fourth-order valence-electron chi connectivity index (χ4n) is 2.79. The molecule has 1 amide bonds. The Morgan fingerprint density at radius 3 is 2.76 bits per heavy atom. The second-order valence-corrected chi connectivity index (χ2v) is 5.24. The van der Waals surface area contributed by atoms with E-state index >= 15 is 0 Å². The van der Waals surface area contributed by atoms with Crippen molar-refractivity contribution in [2.75, 3.05) is 19.8 Å². The molecule has 2 fully saturated rings. The number of hydrogen-bond acceptors (Lipinski definition) is 3. The van der Waals surface area contributed by atoms with Crippen molar-refractivity contribution in [1.82, 2.24) is 10.2 Å². The predicted molar refractivity (Wildman–Crippen MR) is 66.5 cm³/mol. The average Bonchev–Trinajstić information content (AvgIpc) is 2.59. The number of carbonyl (C=O) groups is 1. The third kappa shape index (κ3) is 2.99. The molecule has 0 aromatic rings. The fraction of sp³-hybridized carbons (Fsp3) is 0.923. The quantitative estimate of drug-likeness (QED) is 0.806. The van der Waals surface area contributed by atoms with Crippen molar-refractivity contribution in [2.45, 2.75) is 51.7 Å². The standard InChI is InChI=1S/C13H24N2O2/c1-3-4-12-14-10(2)13(16)15(12)9-11-5-7-17-8-6-11/h10-12,14H,3-9H2,1-2H3. The van der Waals surface area contributed by atoms with Gasteiger partial charge in [0.1, 0.15) is 0 Å². The number of carbonyl (C=O) groups excluding carboxylic acids is 1. The van der Waals surface area contributed by atoms with E-state index in [4.69, 9.17) is 4.74 Å². The topological polar surface area (TPSA) is 41.6 Å². The van der Waals surface area contributed by atoms with Crippen LogP contribution in [0.15, 0.2) is 0 Å². The molecule has 0 saturated carbocycles. The van der Waals surface area contributed by atoms with Crippen LogP contribution in [0.5, 0.6) is 0 Å². The minimum Gasteiger partial charge on any atom is -0.381 e. The molecule has 0 aromatic heterocycles. The minimum absolute atomic E-state index is 0.00797. The monoisotopic (exact) mass is 240 g/mol. The molecule has 0 bridgehead atoms. The molecule has 0 radical (unpaired) electrons. The number of ether oxygens (including phenoxy) is 1. The van der Waals surface area contributed by atoms with Crippen LogP contribution in [-0.2, 0) is 9.53 Å². The maximum absolute atomic E-state index is 12.1. The van der Waals surface area contributed by atoms with Crippen molar-refractivity contribution in [2.24, 2.45) is 5.92 Å². The van der Waals surface area contributed by atoms with Gasteiger partial charge in [-0.15, -0.1) is 0 Å². The van der Waals surface area contributed by atoms with Gasteiger partial charge in [0.05, 0.1) is 12.2 Å². The highest BCUT2D eigenvalue weighted by Gasteiger charge is 2.36. The Labute approximate surface area is 104 Å². The number of nitrogens with zero attached hydrogens (tertiary/aromatic N) is 1. The summed E-state index contributed by atoms with van der Waals surface area (Å²) in [5.74, 6) is 0.897. The van der Waals surface area contributed by atoms with E-state index in [0.29, 0.717) is 5.92 Å². The Morgan fingerprint density at radius 2 is 2.12 bits per heavy atom. The van der Waals surface area contributed by atoms with Crippen LogP contribution in [0, 0.1) is 5.92 Å². The SMILES string of the molecule is CCCC1NC(C)C(=O)N1CC1CCOCC1. The highest BCUT2D eigenvalue weighted by molar-refractivity contribution is 5.83. The van der Waals surface area contributed by atoms with Gasteiger partial charge in [0.25, 0.3) is 0 Å². The molecule has 0 aromatic carbocycles. The van der Waals surface area contributed by atoms with Crippen LogP contribution in [-0.4, -0.2) is 42.8 Å². The van der Waals surface area contributed by atoms with Crippen LogP contribution in [0.4, 0.5) is 0 Å². The lowest BCUT2D eigenvalue weighted by Gasteiger charge is -2.30. The highest BCUT2D eigenvalue weighted by Crippen LogP contribution is 2.21. The summed E-state index contributed by atoms with van der Waals surface area (Å²) in [4.78, 5) is 14.2. The van der Waals surface area contributed by atoms with Crippen LogP contribution < -0.4 is 5.32 Å². The average molecular weight is 240 g/mol. The van der Waals surface area contributed by atoms with Gasteiger partial charge in [-0.25, -0.2) is 0 Å². The maximum Gasteiger partial charge on any atom is 0.240 e. The van der Waals surface area contributed by atoms with Gasteiger partial charge in [-0.1, -0.05) is 13.3 Å². The van der Waals surface area contributed by atoms with Gasteiger partial charge < -0.3 is 9.64 Å². The highest BCUT2D eigenvalue weighted by atomic mass is 16.5. The van der Waals surface area contributed by atoms with Gasteiger partial charge in [-0.05, 0) is 32.1 Å². The second kappa shape index (κ2) is 5.83. The van der Waals surface area contributed by atoms with E-state index in [1.54, 1.807) is 0 Å². The normalized spacial score (nSPS) is 31.2. The molecule has 4 heteroatoms. The molecule has 17 heavy (non-hydrogen) atoms. The van der Waals surface area contributed by atoms with Crippen molar-refractivity contribution >= 4 is 5.91 Å². The molecule has 2 aliphatic heterocycles. The zero-order valence-corrected chi connectivity index (χ0v) is 10.9. The third-order valence-corrected chi connectivity index (χ3v) is 3.83. The lowest BCUT2D eigenvalue weighted by Crippen LogP contribution is -2.41. The molecular formula is C13H24N2O2. The first-order valence-electron chi connectivity index (χ1n) is 6.86. The number of amides is 1. The smallest absolute Gasteiger partial charge is 0.240 e. The molecule has 98 valence electrons. The van der Waals surface area contributed by atoms with Crippen LogP contribution in [0.2, 0.25) is 0 Å². The lowest BCUT2D eigenvalue weighted by atomic mass is 9.99. The summed E-state index contributed by atoms with van der Waals surface area (Å²) in [6, 6.07) is -0.00797. The molecule has 2 aliphatic rings. The van der Waals surface area contributed by atoms with Gasteiger partial charge in [0, 0.05) is 19.8 Å². The van der Waals surface area contributed by atoms with Crippen LogP contribution in [0.3, 0.4) is 0 Å². The Morgan fingerprint density at radius 1 is 1.41 bits per heavy atom. The predicted octanol–water partition coefficient (Wildman–Crippen LogP) is 1.36. The Bertz CT molecular complexity index is 264. The van der Waals surface area contributed by atoms with E-state index in [9.17, 15) is 4.79 Å². The Kier molecular flexibility index (Phi) is 4.40. The molecule has 2 rings (SSSR count). The lowest BCUT2D eigenvalue weighted by molar-refractivity contribution is -0.130. The van der Waals surface area contributed by atoms with Crippen molar-refractivity contribution in [3.63, 3.8) is 0 Å². The summed E-state index contributed by atoms with van der Waals surface area (Å²) in [6.07, 6.45) is 4.61. The van der Waals surface area contributed by atoms with Gasteiger partial charge in [-0.2, -0.15) is 0 Å². The molecule has 1 N–H and O–H groups in total. The van der Waals surface area contributed by atoms with Crippen molar-refractivity contribution in [1.29, 1.82) is 0 Å². The van der Waals surface area contributed by atoms with E-state index in [1.807, 2.05) is 6.92 Å². The van der Waals surface area contributed by atoms with E-state index in [-0.39, 0.29) is 18.1 Å². The van der Waals surface area contributed by atoms with Gasteiger partial charge in [-0.3, -0.25) is 10.1 Å². The first-order chi connectivity index (χ1) is 8.22. The van der Waals surface area contributed by atoms with Crippen LogP contribution in [0.25, 0.3) is 0 Å². The Hall–Kier alpha value is -0.610. The zero-order chi connectivity index (χ0) is 12.3. The summed E-state index contributed by atoms with van der Waals surface area (Å²) in [7, 11) is 0. The second-order valence-electron chi connectivity index (χ2n) is 5.24. The molecule has 0 aliphatic carbocycles. The van der Waals surface area contributed by atoms with E-state index in [0.717, 1.165) is 45.4 Å². The first-order valence-corrected chi connectivity index (χ1v) is 6.86. The number of hydrogen-bond donors (Lipinski definition) is 1. The van der Waals surface area contributed by atoms with Gasteiger partial charge in [0.15, 0.2) is 0 Å².